The highest BCUT2D eigenvalue weighted by molar-refractivity contribution is 7.17. The molecule has 2 aromatic rings. The lowest BCUT2D eigenvalue weighted by Crippen LogP contribution is -2.23. The van der Waals surface area contributed by atoms with Crippen LogP contribution in [-0.4, -0.2) is 34.1 Å². The lowest BCUT2D eigenvalue weighted by atomic mass is 10.1. The van der Waals surface area contributed by atoms with E-state index in [9.17, 15) is 4.79 Å². The predicted octanol–water partition coefficient (Wildman–Crippen LogP) is 3.29. The van der Waals surface area contributed by atoms with Crippen LogP contribution in [0.15, 0.2) is 24.3 Å². The molecule has 1 heterocycles. The number of halogens is 1. The van der Waals surface area contributed by atoms with Crippen molar-refractivity contribution in [3.63, 3.8) is 0 Å². The molecule has 21 heavy (non-hydrogen) atoms. The monoisotopic (exact) mass is 324 g/mol. The quantitative estimate of drug-likeness (QED) is 0.886. The van der Waals surface area contributed by atoms with Gasteiger partial charge < -0.3 is 5.32 Å². The number of anilines is 1. The van der Waals surface area contributed by atoms with Gasteiger partial charge in [-0.25, -0.2) is 0 Å². The summed E-state index contributed by atoms with van der Waals surface area (Å²) in [7, 11) is 0. The Kier molecular flexibility index (Phi) is 5.67. The van der Waals surface area contributed by atoms with Gasteiger partial charge >= 0.3 is 0 Å². The summed E-state index contributed by atoms with van der Waals surface area (Å²) in [6, 6.07) is 7.77. The molecule has 0 fully saturated rings. The molecule has 1 N–H and O–H groups in total. The van der Waals surface area contributed by atoms with Crippen LogP contribution in [0.1, 0.15) is 29.2 Å². The minimum atomic E-state index is -0.286. The van der Waals surface area contributed by atoms with Gasteiger partial charge in [0.05, 0.1) is 0 Å². The lowest BCUT2D eigenvalue weighted by Gasteiger charge is -2.20. The van der Waals surface area contributed by atoms with E-state index in [2.05, 4.69) is 34.3 Å². The molecule has 0 saturated heterocycles. The molecular formula is C14H17ClN4OS. The molecule has 0 saturated carbocycles. The zero-order chi connectivity index (χ0) is 15.2. The number of carbonyl (C=O) groups excluding carboxylic acids is 1. The van der Waals surface area contributed by atoms with E-state index in [1.165, 1.54) is 0 Å². The maximum atomic E-state index is 12.1. The second-order valence-electron chi connectivity index (χ2n) is 4.43. The van der Waals surface area contributed by atoms with Gasteiger partial charge in [0.1, 0.15) is 0 Å². The summed E-state index contributed by atoms with van der Waals surface area (Å²) < 4.78 is 0.261. The van der Waals surface area contributed by atoms with Crippen molar-refractivity contribution in [2.45, 2.75) is 20.4 Å². The highest BCUT2D eigenvalue weighted by Crippen LogP contribution is 2.20. The Hall–Kier alpha value is -1.50. The number of benzene rings is 1. The fraction of sp³-hybridized carbons (Fsp3) is 0.357. The molecule has 0 aliphatic heterocycles. The van der Waals surface area contributed by atoms with Gasteiger partial charge in [0, 0.05) is 12.2 Å². The molecule has 0 bridgehead atoms. The van der Waals surface area contributed by atoms with E-state index in [1.54, 1.807) is 0 Å². The minimum absolute atomic E-state index is 0.261. The van der Waals surface area contributed by atoms with Crippen LogP contribution in [0.4, 0.5) is 5.69 Å². The second-order valence-corrected chi connectivity index (χ2v) is 5.99. The van der Waals surface area contributed by atoms with Crippen LogP contribution in [-0.2, 0) is 6.54 Å². The first kappa shape index (κ1) is 15.9. The van der Waals surface area contributed by atoms with Crippen molar-refractivity contribution in [3.05, 3.63) is 39.3 Å². The molecule has 5 nitrogen and oxygen atoms in total. The predicted molar refractivity (Wildman–Crippen MR) is 85.9 cm³/mol. The number of aromatic nitrogens is 2. The van der Waals surface area contributed by atoms with Crippen LogP contribution in [0.3, 0.4) is 0 Å². The Labute approximate surface area is 133 Å². The summed E-state index contributed by atoms with van der Waals surface area (Å²) >= 11 is 6.77. The molecular weight excluding hydrogens is 308 g/mol. The van der Waals surface area contributed by atoms with Crippen molar-refractivity contribution in [3.8, 4) is 0 Å². The average Bonchev–Trinajstić information content (AvgIpc) is 2.93. The molecule has 2 rings (SSSR count). The highest BCUT2D eigenvalue weighted by Gasteiger charge is 2.14. The maximum Gasteiger partial charge on any atom is 0.286 e. The van der Waals surface area contributed by atoms with Crippen molar-refractivity contribution >= 4 is 34.5 Å². The molecule has 112 valence electrons. The fourth-order valence-corrected chi connectivity index (χ4v) is 2.66. The van der Waals surface area contributed by atoms with Gasteiger partial charge in [-0.15, -0.1) is 10.2 Å². The van der Waals surface area contributed by atoms with E-state index in [0.717, 1.165) is 42.2 Å². The van der Waals surface area contributed by atoms with Gasteiger partial charge in [-0.1, -0.05) is 43.4 Å². The minimum Gasteiger partial charge on any atom is -0.320 e. The molecule has 0 radical (unpaired) electrons. The second kappa shape index (κ2) is 7.49. The first-order valence-corrected chi connectivity index (χ1v) is 7.94. The van der Waals surface area contributed by atoms with Gasteiger partial charge in [-0.2, -0.15) is 0 Å². The number of rotatable bonds is 6. The third-order valence-electron chi connectivity index (χ3n) is 3.15. The topological polar surface area (TPSA) is 58.1 Å². The Morgan fingerprint density at radius 3 is 2.62 bits per heavy atom. The lowest BCUT2D eigenvalue weighted by molar-refractivity contribution is 0.102. The van der Waals surface area contributed by atoms with Crippen molar-refractivity contribution in [2.24, 2.45) is 0 Å². The zero-order valence-corrected chi connectivity index (χ0v) is 13.5. The van der Waals surface area contributed by atoms with Crippen LogP contribution in [0.2, 0.25) is 4.47 Å². The van der Waals surface area contributed by atoms with Crippen LogP contribution in [0.5, 0.6) is 0 Å². The Morgan fingerprint density at radius 1 is 1.29 bits per heavy atom. The smallest absolute Gasteiger partial charge is 0.286 e. The van der Waals surface area contributed by atoms with E-state index in [1.807, 2.05) is 24.3 Å². The van der Waals surface area contributed by atoms with Crippen LogP contribution in [0.25, 0.3) is 0 Å². The van der Waals surface area contributed by atoms with Gasteiger partial charge in [-0.3, -0.25) is 9.69 Å². The maximum absolute atomic E-state index is 12.1. The van der Waals surface area contributed by atoms with Crippen LogP contribution < -0.4 is 5.32 Å². The third kappa shape index (κ3) is 4.23. The average molecular weight is 325 g/mol. The summed E-state index contributed by atoms with van der Waals surface area (Å²) in [5.41, 5.74) is 1.87. The first-order chi connectivity index (χ1) is 10.1. The molecule has 0 unspecified atom stereocenters. The van der Waals surface area contributed by atoms with E-state index >= 15 is 0 Å². The normalized spacial score (nSPS) is 10.9. The Morgan fingerprint density at radius 2 is 2.00 bits per heavy atom. The highest BCUT2D eigenvalue weighted by atomic mass is 35.5. The fourth-order valence-electron chi connectivity index (χ4n) is 1.94. The summed E-state index contributed by atoms with van der Waals surface area (Å²) in [5.74, 6) is -0.286. The number of hydrogen-bond donors (Lipinski definition) is 1. The van der Waals surface area contributed by atoms with Crippen LogP contribution in [0, 0.1) is 0 Å². The Bertz CT molecular complexity index is 613. The summed E-state index contributed by atoms with van der Waals surface area (Å²) in [4.78, 5) is 14.4. The first-order valence-electron chi connectivity index (χ1n) is 6.74. The van der Waals surface area contributed by atoms with Gasteiger partial charge in [0.2, 0.25) is 9.47 Å². The molecule has 1 aromatic heterocycles. The van der Waals surface area contributed by atoms with E-state index in [-0.39, 0.29) is 15.4 Å². The number of hydrogen-bond acceptors (Lipinski definition) is 5. The molecule has 1 aromatic carbocycles. The van der Waals surface area contributed by atoms with E-state index in [0.29, 0.717) is 0 Å². The van der Waals surface area contributed by atoms with Crippen molar-refractivity contribution in [1.29, 1.82) is 0 Å². The van der Waals surface area contributed by atoms with E-state index < -0.39 is 0 Å². The number of para-hydroxylation sites is 1. The van der Waals surface area contributed by atoms with Crippen molar-refractivity contribution < 1.29 is 4.79 Å². The zero-order valence-electron chi connectivity index (χ0n) is 12.0. The Balaban J connectivity index is 2.14. The third-order valence-corrected chi connectivity index (χ3v) is 4.17. The van der Waals surface area contributed by atoms with Gasteiger partial charge in [0.25, 0.3) is 5.91 Å². The number of nitrogens with one attached hydrogen (secondary N) is 1. The van der Waals surface area contributed by atoms with Crippen molar-refractivity contribution in [1.82, 2.24) is 15.1 Å². The van der Waals surface area contributed by atoms with Gasteiger partial charge in [0.15, 0.2) is 0 Å². The van der Waals surface area contributed by atoms with Crippen LogP contribution >= 0.6 is 22.9 Å². The number of amides is 1. The molecule has 0 atom stereocenters. The summed E-state index contributed by atoms with van der Waals surface area (Å²) in [6.45, 7) is 6.96. The SMILES string of the molecule is CCN(CC)Cc1ccccc1NC(=O)c1nnc(Cl)s1. The molecule has 0 aliphatic carbocycles. The largest absolute Gasteiger partial charge is 0.320 e. The molecule has 0 spiro atoms. The summed E-state index contributed by atoms with van der Waals surface area (Å²) in [6.07, 6.45) is 0. The molecule has 1 amide bonds. The molecule has 0 aliphatic rings. The van der Waals surface area contributed by atoms with E-state index in [4.69, 9.17) is 11.6 Å². The summed E-state index contributed by atoms with van der Waals surface area (Å²) in [5, 5.41) is 10.5. The number of carbonyl (C=O) groups is 1. The van der Waals surface area contributed by atoms with Gasteiger partial charge in [-0.05, 0) is 36.3 Å². The number of nitrogens with zero attached hydrogens (tertiary/aromatic N) is 3. The molecule has 7 heteroatoms. The van der Waals surface area contributed by atoms with Crippen molar-refractivity contribution in [2.75, 3.05) is 18.4 Å². The standard InChI is InChI=1S/C14H17ClN4OS/c1-3-19(4-2)9-10-7-5-6-8-11(10)16-12(20)13-17-18-14(15)21-13/h5-8H,3-4,9H2,1-2H3,(H,16,20).